The number of fused-ring (bicyclic) bond motifs is 1. The number of aliphatic hydroxyl groups excluding tert-OH is 1. The quantitative estimate of drug-likeness (QED) is 0.430. The van der Waals surface area contributed by atoms with Crippen LogP contribution in [-0.4, -0.2) is 60.2 Å². The van der Waals surface area contributed by atoms with Gasteiger partial charge in [-0.15, -0.1) is 11.3 Å². The highest BCUT2D eigenvalue weighted by atomic mass is 32.2. The minimum absolute atomic E-state index is 0.00546. The van der Waals surface area contributed by atoms with E-state index in [0.29, 0.717) is 35.8 Å². The van der Waals surface area contributed by atoms with Crippen molar-refractivity contribution < 1.29 is 27.8 Å². The van der Waals surface area contributed by atoms with Crippen molar-refractivity contribution in [2.24, 2.45) is 0 Å². The van der Waals surface area contributed by atoms with Gasteiger partial charge in [0.15, 0.2) is 0 Å². The Labute approximate surface area is 217 Å². The Hall–Kier alpha value is -2.09. The molecule has 1 aliphatic rings. The number of hydrogen-bond donors (Lipinski definition) is 3. The van der Waals surface area contributed by atoms with Crippen molar-refractivity contribution in [3.8, 4) is 10.6 Å². The Morgan fingerprint density at radius 1 is 1.19 bits per heavy atom. The number of aromatic nitrogens is 1. The molecule has 2 aromatic rings. The van der Waals surface area contributed by atoms with Gasteiger partial charge in [0.05, 0.1) is 22.8 Å². The van der Waals surface area contributed by atoms with E-state index in [9.17, 15) is 18.3 Å². The molecule has 1 amide bonds. The number of nitrogens with zero attached hydrogens (tertiary/aromatic N) is 2. The molecule has 0 saturated heterocycles. The van der Waals surface area contributed by atoms with E-state index in [2.05, 4.69) is 10.0 Å². The SMILES string of the molecule is CC(C)OC(=O)Nc1ccc(-c2nc3c(s2)CN(C(O)OC(C)C)CC3)c(S(=O)(=O)NC(C)(C)C)c1. The monoisotopic (exact) mass is 540 g/mol. The van der Waals surface area contributed by atoms with Crippen molar-refractivity contribution in [2.45, 2.75) is 90.5 Å². The number of benzene rings is 1. The van der Waals surface area contributed by atoms with E-state index < -0.39 is 28.1 Å². The highest BCUT2D eigenvalue weighted by Gasteiger charge is 2.30. The van der Waals surface area contributed by atoms with Gasteiger partial charge in [-0.3, -0.25) is 5.32 Å². The molecule has 12 heteroatoms. The number of anilines is 1. The number of carbonyl (C=O) groups excluding carboxylic acids is 1. The van der Waals surface area contributed by atoms with Crippen molar-refractivity contribution in [3.63, 3.8) is 0 Å². The predicted molar refractivity (Wildman–Crippen MR) is 139 cm³/mol. The third-order valence-electron chi connectivity index (χ3n) is 5.00. The van der Waals surface area contributed by atoms with Crippen molar-refractivity contribution in [2.75, 3.05) is 11.9 Å². The molecule has 1 aliphatic heterocycles. The molecule has 3 rings (SSSR count). The topological polar surface area (TPSA) is 130 Å². The summed E-state index contributed by atoms with van der Waals surface area (Å²) in [7, 11) is -3.96. The van der Waals surface area contributed by atoms with Gasteiger partial charge in [-0.25, -0.2) is 27.8 Å². The van der Waals surface area contributed by atoms with Crippen LogP contribution in [-0.2, 0) is 32.5 Å². The van der Waals surface area contributed by atoms with E-state index in [-0.39, 0.29) is 17.1 Å². The van der Waals surface area contributed by atoms with Crippen LogP contribution in [0.4, 0.5) is 10.5 Å². The second kappa shape index (κ2) is 11.1. The zero-order valence-electron chi connectivity index (χ0n) is 21.8. The number of nitrogens with one attached hydrogen (secondary N) is 2. The van der Waals surface area contributed by atoms with Crippen molar-refractivity contribution in [1.29, 1.82) is 0 Å². The molecule has 1 atom stereocenters. The minimum atomic E-state index is -3.96. The summed E-state index contributed by atoms with van der Waals surface area (Å²) in [6.45, 7) is 13.5. The first-order valence-corrected chi connectivity index (χ1v) is 14.2. The van der Waals surface area contributed by atoms with Crippen LogP contribution in [0.3, 0.4) is 0 Å². The molecular weight excluding hydrogens is 504 g/mol. The third kappa shape index (κ3) is 7.46. The Morgan fingerprint density at radius 3 is 2.50 bits per heavy atom. The summed E-state index contributed by atoms with van der Waals surface area (Å²) >= 11 is 1.38. The van der Waals surface area contributed by atoms with Gasteiger partial charge >= 0.3 is 6.09 Å². The molecule has 1 unspecified atom stereocenters. The van der Waals surface area contributed by atoms with Gasteiger partial charge in [-0.2, -0.15) is 0 Å². The molecular formula is C24H36N4O6S2. The summed E-state index contributed by atoms with van der Waals surface area (Å²) in [6.07, 6.45) is -1.52. The molecule has 10 nitrogen and oxygen atoms in total. The first-order chi connectivity index (χ1) is 16.6. The number of amides is 1. The van der Waals surface area contributed by atoms with E-state index in [1.54, 1.807) is 46.8 Å². The zero-order valence-corrected chi connectivity index (χ0v) is 23.4. The summed E-state index contributed by atoms with van der Waals surface area (Å²) in [5.41, 5.74) is 0.878. The minimum Gasteiger partial charge on any atom is -0.447 e. The zero-order chi connectivity index (χ0) is 26.8. The van der Waals surface area contributed by atoms with Crippen LogP contribution < -0.4 is 10.0 Å². The van der Waals surface area contributed by atoms with Gasteiger partial charge in [-0.05, 0) is 66.7 Å². The number of rotatable bonds is 8. The van der Waals surface area contributed by atoms with Crippen LogP contribution in [0.2, 0.25) is 0 Å². The highest BCUT2D eigenvalue weighted by Crippen LogP contribution is 2.37. The number of hydrogen-bond acceptors (Lipinski definition) is 9. The molecule has 0 aliphatic carbocycles. The van der Waals surface area contributed by atoms with E-state index in [0.717, 1.165) is 10.6 Å². The molecule has 3 N–H and O–H groups in total. The molecule has 1 aromatic heterocycles. The fraction of sp³-hybridized carbons (Fsp3) is 0.583. The predicted octanol–water partition coefficient (Wildman–Crippen LogP) is 3.90. The fourth-order valence-electron chi connectivity index (χ4n) is 3.67. The Kier molecular flexibility index (Phi) is 8.79. The number of ether oxygens (including phenoxy) is 2. The molecule has 0 radical (unpaired) electrons. The Bertz CT molecular complexity index is 1190. The average molecular weight is 541 g/mol. The first kappa shape index (κ1) is 28.5. The molecule has 200 valence electrons. The maximum Gasteiger partial charge on any atom is 0.411 e. The molecule has 0 fully saturated rings. The Balaban J connectivity index is 1.98. The third-order valence-corrected chi connectivity index (χ3v) is 7.91. The number of sulfonamides is 1. The number of carbonyl (C=O) groups is 1. The maximum absolute atomic E-state index is 13.4. The summed E-state index contributed by atoms with van der Waals surface area (Å²) in [6, 6.07) is 4.68. The van der Waals surface area contributed by atoms with Gasteiger partial charge in [0.2, 0.25) is 16.4 Å². The normalized spacial score (nSPS) is 15.7. The molecule has 1 aromatic carbocycles. The highest BCUT2D eigenvalue weighted by molar-refractivity contribution is 7.89. The summed E-state index contributed by atoms with van der Waals surface area (Å²) in [5, 5.41) is 13.5. The van der Waals surface area contributed by atoms with E-state index >= 15 is 0 Å². The molecule has 0 spiro atoms. The smallest absolute Gasteiger partial charge is 0.411 e. The lowest BCUT2D eigenvalue weighted by Crippen LogP contribution is -2.41. The fourth-order valence-corrected chi connectivity index (χ4v) is 6.56. The standard InChI is InChI=1S/C24H36N4O6S2/c1-14(2)33-22(29)25-16-8-9-17(20(12-16)36(31,32)27-24(5,6)7)21-26-18-10-11-28(13-19(18)35-21)23(30)34-15(3)4/h8-9,12,14-15,23,27,30H,10-11,13H2,1-7H3,(H,25,29). The van der Waals surface area contributed by atoms with Crippen molar-refractivity contribution >= 4 is 33.1 Å². The van der Waals surface area contributed by atoms with Crippen molar-refractivity contribution in [3.05, 3.63) is 28.8 Å². The molecule has 0 saturated carbocycles. The van der Waals surface area contributed by atoms with Gasteiger partial charge in [0, 0.05) is 41.2 Å². The van der Waals surface area contributed by atoms with Gasteiger partial charge in [-0.1, -0.05) is 0 Å². The molecule has 36 heavy (non-hydrogen) atoms. The van der Waals surface area contributed by atoms with Crippen LogP contribution >= 0.6 is 11.3 Å². The second-order valence-corrected chi connectivity index (χ2v) is 13.0. The van der Waals surface area contributed by atoms with E-state index in [1.165, 1.54) is 17.4 Å². The molecule has 0 bridgehead atoms. The number of aliphatic hydroxyl groups is 1. The summed E-state index contributed by atoms with van der Waals surface area (Å²) in [4.78, 5) is 19.6. The summed E-state index contributed by atoms with van der Waals surface area (Å²) in [5.74, 6) is 0. The van der Waals surface area contributed by atoms with Crippen molar-refractivity contribution in [1.82, 2.24) is 14.6 Å². The lowest BCUT2D eigenvalue weighted by molar-refractivity contribution is -0.215. The Morgan fingerprint density at radius 2 is 1.89 bits per heavy atom. The largest absolute Gasteiger partial charge is 0.447 e. The van der Waals surface area contributed by atoms with Crippen LogP contribution in [0.5, 0.6) is 0 Å². The summed E-state index contributed by atoms with van der Waals surface area (Å²) < 4.78 is 40.1. The lowest BCUT2D eigenvalue weighted by atomic mass is 10.1. The van der Waals surface area contributed by atoms with Gasteiger partial charge in [0.1, 0.15) is 5.01 Å². The number of thiazole rings is 1. The van der Waals surface area contributed by atoms with Gasteiger partial charge < -0.3 is 14.6 Å². The maximum atomic E-state index is 13.4. The van der Waals surface area contributed by atoms with Gasteiger partial charge in [0.25, 0.3) is 0 Å². The van der Waals surface area contributed by atoms with Crippen LogP contribution in [0.1, 0.15) is 59.0 Å². The van der Waals surface area contributed by atoms with Crippen LogP contribution in [0, 0.1) is 0 Å². The molecule has 2 heterocycles. The lowest BCUT2D eigenvalue weighted by Gasteiger charge is -2.31. The van der Waals surface area contributed by atoms with E-state index in [4.69, 9.17) is 14.5 Å². The first-order valence-electron chi connectivity index (χ1n) is 11.9. The second-order valence-electron chi connectivity index (χ2n) is 10.3. The van der Waals surface area contributed by atoms with Crippen LogP contribution in [0.15, 0.2) is 23.1 Å². The van der Waals surface area contributed by atoms with Crippen LogP contribution in [0.25, 0.3) is 10.6 Å². The average Bonchev–Trinajstić information content (AvgIpc) is 3.14. The van der Waals surface area contributed by atoms with E-state index in [1.807, 2.05) is 18.7 Å².